The zero-order chi connectivity index (χ0) is 45.8. The molecule has 6 nitrogen and oxygen atoms in total. The van der Waals surface area contributed by atoms with Crippen molar-refractivity contribution in [2.45, 2.75) is 181 Å². The van der Waals surface area contributed by atoms with Crippen molar-refractivity contribution in [2.75, 3.05) is 13.2 Å². The second kappa shape index (κ2) is 49.9. The van der Waals surface area contributed by atoms with Gasteiger partial charge in [0.2, 0.25) is 0 Å². The van der Waals surface area contributed by atoms with Crippen molar-refractivity contribution in [1.82, 2.24) is 0 Å². The molecule has 63 heavy (non-hydrogen) atoms. The number of carbonyl (C=O) groups is 3. The molecule has 0 spiro atoms. The van der Waals surface area contributed by atoms with Crippen LogP contribution in [0.4, 0.5) is 0 Å². The molecule has 0 N–H and O–H groups in total. The SMILES string of the molecule is CC/C=C\C/C=C\C/C=C\C/C=C\C/C=C\C/C=C\C/C=C\CCCC(=O)OCC(COC(=O)CCCCCCC)OC(=O)CCC/C=C\C/C=C\C/C=C\C/C=C\C/C=C\CC. The van der Waals surface area contributed by atoms with Gasteiger partial charge >= 0.3 is 17.9 Å². The van der Waals surface area contributed by atoms with E-state index in [2.05, 4.69) is 167 Å². The van der Waals surface area contributed by atoms with Crippen molar-refractivity contribution in [3.05, 3.63) is 146 Å². The molecule has 0 aromatic heterocycles. The Labute approximate surface area is 385 Å². The van der Waals surface area contributed by atoms with Crippen LogP contribution in [0.25, 0.3) is 0 Å². The first kappa shape index (κ1) is 58.3. The van der Waals surface area contributed by atoms with E-state index in [1.807, 2.05) is 0 Å². The molecule has 0 aliphatic rings. The van der Waals surface area contributed by atoms with Crippen LogP contribution in [-0.2, 0) is 28.6 Å². The van der Waals surface area contributed by atoms with Crippen LogP contribution in [0.1, 0.15) is 175 Å². The van der Waals surface area contributed by atoms with Crippen molar-refractivity contribution in [2.24, 2.45) is 0 Å². The molecule has 1 unspecified atom stereocenters. The van der Waals surface area contributed by atoms with Crippen molar-refractivity contribution < 1.29 is 28.6 Å². The first-order valence-electron chi connectivity index (χ1n) is 24.3. The van der Waals surface area contributed by atoms with Crippen LogP contribution < -0.4 is 0 Å². The number of unbranched alkanes of at least 4 members (excludes halogenated alkanes) is 6. The van der Waals surface area contributed by atoms with E-state index in [0.717, 1.165) is 122 Å². The smallest absolute Gasteiger partial charge is 0.306 e. The van der Waals surface area contributed by atoms with Crippen LogP contribution in [0.3, 0.4) is 0 Å². The van der Waals surface area contributed by atoms with Crippen LogP contribution in [0, 0.1) is 0 Å². The Kier molecular flexibility index (Phi) is 46.2. The van der Waals surface area contributed by atoms with Crippen LogP contribution in [-0.4, -0.2) is 37.2 Å². The van der Waals surface area contributed by atoms with Crippen LogP contribution >= 0.6 is 0 Å². The molecule has 0 radical (unpaired) electrons. The number of ether oxygens (including phenoxy) is 3. The van der Waals surface area contributed by atoms with Gasteiger partial charge in [-0.2, -0.15) is 0 Å². The Morgan fingerprint density at radius 1 is 0.333 bits per heavy atom. The number of esters is 3. The highest BCUT2D eigenvalue weighted by molar-refractivity contribution is 5.71. The maximum atomic E-state index is 12.7. The van der Waals surface area contributed by atoms with Crippen molar-refractivity contribution >= 4 is 17.9 Å². The highest BCUT2D eigenvalue weighted by Gasteiger charge is 2.19. The topological polar surface area (TPSA) is 78.9 Å². The van der Waals surface area contributed by atoms with Crippen molar-refractivity contribution in [3.8, 4) is 0 Å². The lowest BCUT2D eigenvalue weighted by Gasteiger charge is -2.18. The average Bonchev–Trinajstić information content (AvgIpc) is 3.28. The maximum absolute atomic E-state index is 12.7. The zero-order valence-electron chi connectivity index (χ0n) is 39.8. The van der Waals surface area contributed by atoms with Gasteiger partial charge in [-0.05, 0) is 109 Å². The van der Waals surface area contributed by atoms with E-state index in [0.29, 0.717) is 19.3 Å². The molecular weight excluding hydrogens is 781 g/mol. The molecule has 0 aromatic carbocycles. The van der Waals surface area contributed by atoms with E-state index < -0.39 is 12.1 Å². The summed E-state index contributed by atoms with van der Waals surface area (Å²) in [4.78, 5) is 37.6. The fourth-order valence-electron chi connectivity index (χ4n) is 5.76. The third-order valence-corrected chi connectivity index (χ3v) is 9.34. The minimum absolute atomic E-state index is 0.126. The first-order chi connectivity index (χ1) is 31.0. The number of allylic oxidation sites excluding steroid dienone is 24. The molecular formula is C57H86O6. The fourth-order valence-corrected chi connectivity index (χ4v) is 5.76. The molecule has 0 bridgehead atoms. The molecule has 0 saturated carbocycles. The number of rotatable bonds is 41. The third-order valence-electron chi connectivity index (χ3n) is 9.34. The Bertz CT molecular complexity index is 1460. The monoisotopic (exact) mass is 867 g/mol. The van der Waals surface area contributed by atoms with E-state index in [4.69, 9.17) is 14.2 Å². The lowest BCUT2D eigenvalue weighted by atomic mass is 10.1. The van der Waals surface area contributed by atoms with Gasteiger partial charge < -0.3 is 14.2 Å². The lowest BCUT2D eigenvalue weighted by molar-refractivity contribution is -0.167. The molecule has 0 aliphatic heterocycles. The summed E-state index contributed by atoms with van der Waals surface area (Å²) in [7, 11) is 0. The minimum atomic E-state index is -0.833. The Hall–Kier alpha value is -4.71. The van der Waals surface area contributed by atoms with Crippen LogP contribution in [0.2, 0.25) is 0 Å². The quantitative estimate of drug-likeness (QED) is 0.0264. The van der Waals surface area contributed by atoms with Gasteiger partial charge in [-0.25, -0.2) is 0 Å². The van der Waals surface area contributed by atoms with Gasteiger partial charge in [-0.15, -0.1) is 0 Å². The molecule has 0 aromatic rings. The molecule has 1 atom stereocenters. The van der Waals surface area contributed by atoms with Gasteiger partial charge in [0.25, 0.3) is 0 Å². The predicted octanol–water partition coefficient (Wildman–Crippen LogP) is 16.1. The Morgan fingerprint density at radius 2 is 0.619 bits per heavy atom. The summed E-state index contributed by atoms with van der Waals surface area (Å²) in [6, 6.07) is 0. The van der Waals surface area contributed by atoms with Gasteiger partial charge in [0.05, 0.1) is 0 Å². The molecule has 0 amide bonds. The second-order valence-corrected chi connectivity index (χ2v) is 15.3. The van der Waals surface area contributed by atoms with E-state index in [-0.39, 0.29) is 38.0 Å². The summed E-state index contributed by atoms with van der Waals surface area (Å²) in [6.45, 7) is 6.18. The normalized spacial score (nSPS) is 13.4. The zero-order valence-corrected chi connectivity index (χ0v) is 39.8. The lowest BCUT2D eigenvalue weighted by Crippen LogP contribution is -2.30. The molecule has 0 saturated heterocycles. The van der Waals surface area contributed by atoms with Crippen LogP contribution in [0.5, 0.6) is 0 Å². The summed E-state index contributed by atoms with van der Waals surface area (Å²) in [5.74, 6) is -1.08. The molecule has 6 heteroatoms. The van der Waals surface area contributed by atoms with Crippen LogP contribution in [0.15, 0.2) is 146 Å². The highest BCUT2D eigenvalue weighted by Crippen LogP contribution is 2.09. The molecule has 350 valence electrons. The van der Waals surface area contributed by atoms with Gasteiger partial charge in [-0.1, -0.05) is 192 Å². The number of hydrogen-bond acceptors (Lipinski definition) is 6. The number of carbonyl (C=O) groups excluding carboxylic acids is 3. The van der Waals surface area contributed by atoms with E-state index in [1.165, 1.54) is 0 Å². The number of hydrogen-bond donors (Lipinski definition) is 0. The fraction of sp³-hybridized carbons (Fsp3) is 0.526. The maximum Gasteiger partial charge on any atom is 0.306 e. The summed E-state index contributed by atoms with van der Waals surface area (Å²) in [5, 5.41) is 0. The van der Waals surface area contributed by atoms with Gasteiger partial charge in [-0.3, -0.25) is 14.4 Å². The first-order valence-corrected chi connectivity index (χ1v) is 24.3. The predicted molar refractivity (Wildman–Crippen MR) is 269 cm³/mol. The minimum Gasteiger partial charge on any atom is -0.462 e. The largest absolute Gasteiger partial charge is 0.462 e. The van der Waals surface area contributed by atoms with Gasteiger partial charge in [0.15, 0.2) is 6.10 Å². The van der Waals surface area contributed by atoms with Gasteiger partial charge in [0, 0.05) is 19.3 Å². The highest BCUT2D eigenvalue weighted by atomic mass is 16.6. The third kappa shape index (κ3) is 48.2. The van der Waals surface area contributed by atoms with Crippen molar-refractivity contribution in [1.29, 1.82) is 0 Å². The standard InChI is InChI=1S/C57H86O6/c1-4-7-10-13-15-17-19-21-23-25-26-27-28-29-30-32-33-35-37-39-41-44-47-50-56(59)62-53-54(52-61-55(58)49-46-43-12-9-6-3)63-57(60)51-48-45-42-40-38-36-34-31-24-22-20-18-16-14-11-8-5-2/h7-8,10-11,15-18,21-24,26-27,29-30,33-36,39-42,54H,4-6,9,12-14,19-20,25,28,31-32,37-38,43-53H2,1-3H3/b10-7-,11-8-,17-15-,18-16-,23-21-,24-22-,27-26-,30-29-,35-33-,36-34-,41-39-,42-40-. The summed E-state index contributed by atoms with van der Waals surface area (Å²) in [5.41, 5.74) is 0. The molecule has 0 heterocycles. The van der Waals surface area contributed by atoms with E-state index in [9.17, 15) is 14.4 Å². The summed E-state index contributed by atoms with van der Waals surface area (Å²) < 4.78 is 16.5. The average molecular weight is 867 g/mol. The Morgan fingerprint density at radius 3 is 0.952 bits per heavy atom. The molecule has 0 fully saturated rings. The molecule has 0 aliphatic carbocycles. The second-order valence-electron chi connectivity index (χ2n) is 15.3. The summed E-state index contributed by atoms with van der Waals surface area (Å²) >= 11 is 0. The molecule has 0 rings (SSSR count). The van der Waals surface area contributed by atoms with E-state index in [1.54, 1.807) is 0 Å². The van der Waals surface area contributed by atoms with Gasteiger partial charge in [0.1, 0.15) is 13.2 Å². The van der Waals surface area contributed by atoms with E-state index >= 15 is 0 Å². The van der Waals surface area contributed by atoms with Crippen molar-refractivity contribution in [3.63, 3.8) is 0 Å². The summed E-state index contributed by atoms with van der Waals surface area (Å²) in [6.07, 6.45) is 71.6. The Balaban J connectivity index is 4.42.